The lowest BCUT2D eigenvalue weighted by Crippen LogP contribution is -2.49. The Morgan fingerprint density at radius 2 is 1.60 bits per heavy atom. The second-order valence-electron chi connectivity index (χ2n) is 9.08. The van der Waals surface area contributed by atoms with Gasteiger partial charge in [0.1, 0.15) is 0 Å². The van der Waals surface area contributed by atoms with Gasteiger partial charge in [-0.2, -0.15) is 0 Å². The van der Waals surface area contributed by atoms with Crippen LogP contribution in [-0.4, -0.2) is 41.2 Å². The monoisotopic (exact) mass is 402 g/mol. The molecular formula is C26H30N2O2. The molecule has 2 aliphatic heterocycles. The highest BCUT2D eigenvalue weighted by Gasteiger charge is 2.39. The number of rotatable bonds is 4. The van der Waals surface area contributed by atoms with Gasteiger partial charge in [0, 0.05) is 25.6 Å². The first-order chi connectivity index (χ1) is 14.7. The molecule has 30 heavy (non-hydrogen) atoms. The molecule has 0 N–H and O–H groups in total. The number of nitrogens with zero attached hydrogens (tertiary/aromatic N) is 2. The summed E-state index contributed by atoms with van der Waals surface area (Å²) in [5, 5.41) is 0. The predicted octanol–water partition coefficient (Wildman–Crippen LogP) is 4.00. The Hall–Kier alpha value is -2.62. The number of piperidine rings is 1. The van der Waals surface area contributed by atoms with Crippen LogP contribution in [0.4, 0.5) is 0 Å². The maximum absolute atomic E-state index is 13.7. The highest BCUT2D eigenvalue weighted by molar-refractivity contribution is 5.84. The molecule has 156 valence electrons. The molecule has 4 nitrogen and oxygen atoms in total. The van der Waals surface area contributed by atoms with Crippen LogP contribution in [0, 0.1) is 11.8 Å². The maximum atomic E-state index is 13.7. The summed E-state index contributed by atoms with van der Waals surface area (Å²) in [5.41, 5.74) is 3.89. The normalized spacial score (nSPS) is 23.7. The van der Waals surface area contributed by atoms with Gasteiger partial charge < -0.3 is 9.80 Å². The Morgan fingerprint density at radius 1 is 0.833 bits per heavy atom. The smallest absolute Gasteiger partial charge is 0.228 e. The number of carbonyl (C=O) groups excluding carboxylic acids is 2. The molecule has 1 saturated carbocycles. The standard InChI is InChI=1S/C26H30N2O2/c29-25(21-12-13-21)27-15-6-10-22(18-27)26(30)28-16-14-20-9-4-5-11-23(20)24(28)17-19-7-2-1-3-8-19/h1-5,7-9,11,21-22,24H,6,10,12-18H2/t22-,24+/m1/s1. The molecule has 2 aromatic rings. The fourth-order valence-electron chi connectivity index (χ4n) is 5.17. The number of hydrogen-bond acceptors (Lipinski definition) is 2. The summed E-state index contributed by atoms with van der Waals surface area (Å²) in [4.78, 5) is 30.4. The average Bonchev–Trinajstić information content (AvgIpc) is 3.65. The minimum Gasteiger partial charge on any atom is -0.342 e. The molecule has 5 rings (SSSR count). The average molecular weight is 403 g/mol. The van der Waals surface area contributed by atoms with Gasteiger partial charge in [0.05, 0.1) is 12.0 Å². The third kappa shape index (κ3) is 3.88. The number of amides is 2. The van der Waals surface area contributed by atoms with E-state index in [9.17, 15) is 9.59 Å². The van der Waals surface area contributed by atoms with Gasteiger partial charge in [-0.15, -0.1) is 0 Å². The molecular weight excluding hydrogens is 372 g/mol. The van der Waals surface area contributed by atoms with Crippen LogP contribution in [0.1, 0.15) is 48.4 Å². The van der Waals surface area contributed by atoms with E-state index in [1.807, 2.05) is 11.0 Å². The summed E-state index contributed by atoms with van der Waals surface area (Å²) in [6.45, 7) is 2.18. The lowest BCUT2D eigenvalue weighted by Gasteiger charge is -2.41. The van der Waals surface area contributed by atoms with Gasteiger partial charge >= 0.3 is 0 Å². The SMILES string of the molecule is O=C(C1CC1)N1CCC[C@@H](C(=O)N2CCc3ccccc3[C@@H]2Cc2ccccc2)C1. The van der Waals surface area contributed by atoms with Crippen LogP contribution in [0.25, 0.3) is 0 Å². The number of hydrogen-bond donors (Lipinski definition) is 0. The molecule has 2 atom stereocenters. The Labute approximate surface area is 178 Å². The molecule has 3 aliphatic rings. The van der Waals surface area contributed by atoms with Gasteiger partial charge in [-0.05, 0) is 55.2 Å². The van der Waals surface area contributed by atoms with Crippen molar-refractivity contribution in [3.05, 3.63) is 71.3 Å². The summed E-state index contributed by atoms with van der Waals surface area (Å²) in [6, 6.07) is 19.1. The van der Waals surface area contributed by atoms with Gasteiger partial charge in [0.25, 0.3) is 0 Å². The quantitative estimate of drug-likeness (QED) is 0.775. The molecule has 2 heterocycles. The van der Waals surface area contributed by atoms with Crippen molar-refractivity contribution < 1.29 is 9.59 Å². The van der Waals surface area contributed by atoms with Crippen LogP contribution in [0.3, 0.4) is 0 Å². The van der Waals surface area contributed by atoms with E-state index in [1.165, 1.54) is 16.7 Å². The van der Waals surface area contributed by atoms with E-state index in [0.717, 1.165) is 51.6 Å². The zero-order valence-corrected chi connectivity index (χ0v) is 17.5. The Balaban J connectivity index is 1.38. The van der Waals surface area contributed by atoms with E-state index in [-0.39, 0.29) is 29.7 Å². The molecule has 0 bridgehead atoms. The fourth-order valence-corrected chi connectivity index (χ4v) is 5.17. The highest BCUT2D eigenvalue weighted by atomic mass is 16.2. The molecule has 2 fully saturated rings. The van der Waals surface area contributed by atoms with Crippen molar-refractivity contribution >= 4 is 11.8 Å². The number of fused-ring (bicyclic) bond motifs is 1. The molecule has 2 aromatic carbocycles. The molecule has 0 radical (unpaired) electrons. The van der Waals surface area contributed by atoms with Gasteiger partial charge in [-0.1, -0.05) is 54.6 Å². The minimum atomic E-state index is -0.0648. The Morgan fingerprint density at radius 3 is 2.40 bits per heavy atom. The molecule has 2 amide bonds. The summed E-state index contributed by atoms with van der Waals surface area (Å²) < 4.78 is 0. The molecule has 1 saturated heterocycles. The van der Waals surface area contributed by atoms with Crippen LogP contribution in [0.2, 0.25) is 0 Å². The second kappa shape index (κ2) is 8.25. The van der Waals surface area contributed by atoms with Crippen molar-refractivity contribution in [3.63, 3.8) is 0 Å². The summed E-state index contributed by atoms with van der Waals surface area (Å²) in [7, 11) is 0. The van der Waals surface area contributed by atoms with Crippen molar-refractivity contribution in [1.82, 2.24) is 9.80 Å². The van der Waals surface area contributed by atoms with E-state index in [1.54, 1.807) is 0 Å². The minimum absolute atomic E-state index is 0.0648. The summed E-state index contributed by atoms with van der Waals surface area (Å²) in [5.74, 6) is 0.674. The number of benzene rings is 2. The van der Waals surface area contributed by atoms with Crippen molar-refractivity contribution in [2.45, 2.75) is 44.6 Å². The maximum Gasteiger partial charge on any atom is 0.228 e. The van der Waals surface area contributed by atoms with Crippen LogP contribution >= 0.6 is 0 Å². The van der Waals surface area contributed by atoms with E-state index >= 15 is 0 Å². The Bertz CT molecular complexity index is 922. The molecule has 0 unspecified atom stereocenters. The van der Waals surface area contributed by atoms with Crippen LogP contribution in [0.15, 0.2) is 54.6 Å². The first kappa shape index (κ1) is 19.3. The molecule has 1 aliphatic carbocycles. The van der Waals surface area contributed by atoms with E-state index < -0.39 is 0 Å². The van der Waals surface area contributed by atoms with Gasteiger partial charge in [0.2, 0.25) is 11.8 Å². The largest absolute Gasteiger partial charge is 0.342 e. The molecule has 0 spiro atoms. The van der Waals surface area contributed by atoms with E-state index in [2.05, 4.69) is 53.4 Å². The van der Waals surface area contributed by atoms with Crippen LogP contribution in [0.5, 0.6) is 0 Å². The Kier molecular flexibility index (Phi) is 5.32. The molecule has 4 heteroatoms. The second-order valence-corrected chi connectivity index (χ2v) is 9.08. The van der Waals surface area contributed by atoms with Crippen LogP contribution < -0.4 is 0 Å². The zero-order chi connectivity index (χ0) is 20.5. The first-order valence-corrected chi connectivity index (χ1v) is 11.4. The fraction of sp³-hybridized carbons (Fsp3) is 0.462. The topological polar surface area (TPSA) is 40.6 Å². The highest BCUT2D eigenvalue weighted by Crippen LogP contribution is 2.36. The van der Waals surface area contributed by atoms with Gasteiger partial charge in [-0.25, -0.2) is 0 Å². The predicted molar refractivity (Wildman–Crippen MR) is 117 cm³/mol. The first-order valence-electron chi connectivity index (χ1n) is 11.4. The van der Waals surface area contributed by atoms with Gasteiger partial charge in [-0.3, -0.25) is 9.59 Å². The van der Waals surface area contributed by atoms with Crippen molar-refractivity contribution in [1.29, 1.82) is 0 Å². The van der Waals surface area contributed by atoms with E-state index in [4.69, 9.17) is 0 Å². The summed E-state index contributed by atoms with van der Waals surface area (Å²) in [6.07, 6.45) is 5.61. The van der Waals surface area contributed by atoms with Crippen molar-refractivity contribution in [2.24, 2.45) is 11.8 Å². The molecule has 0 aromatic heterocycles. The van der Waals surface area contributed by atoms with E-state index in [0.29, 0.717) is 6.54 Å². The van der Waals surface area contributed by atoms with Gasteiger partial charge in [0.15, 0.2) is 0 Å². The third-order valence-corrected chi connectivity index (χ3v) is 6.98. The number of likely N-dealkylation sites (tertiary alicyclic amines) is 1. The number of carbonyl (C=O) groups is 2. The van der Waals surface area contributed by atoms with Crippen molar-refractivity contribution in [2.75, 3.05) is 19.6 Å². The lowest BCUT2D eigenvalue weighted by molar-refractivity contribution is -0.143. The third-order valence-electron chi connectivity index (χ3n) is 6.98. The van der Waals surface area contributed by atoms with Crippen LogP contribution in [-0.2, 0) is 22.4 Å². The zero-order valence-electron chi connectivity index (χ0n) is 17.5. The van der Waals surface area contributed by atoms with Crippen molar-refractivity contribution in [3.8, 4) is 0 Å². The lowest BCUT2D eigenvalue weighted by atomic mass is 9.86. The summed E-state index contributed by atoms with van der Waals surface area (Å²) >= 11 is 0.